The van der Waals surface area contributed by atoms with Crippen molar-refractivity contribution in [2.45, 2.75) is 18.9 Å². The summed E-state index contributed by atoms with van der Waals surface area (Å²) in [5.41, 5.74) is 2.16. The Kier molecular flexibility index (Phi) is 6.02. The van der Waals surface area contributed by atoms with Crippen molar-refractivity contribution in [2.24, 2.45) is 0 Å². The molecule has 0 radical (unpaired) electrons. The van der Waals surface area contributed by atoms with Crippen molar-refractivity contribution in [2.75, 3.05) is 32.8 Å². The summed E-state index contributed by atoms with van der Waals surface area (Å²) in [7, 11) is 0. The highest BCUT2D eigenvalue weighted by molar-refractivity contribution is 7.17. The number of hydrogen-bond donors (Lipinski definition) is 2. The van der Waals surface area contributed by atoms with Gasteiger partial charge in [-0.05, 0) is 71.4 Å². The molecular formula is C25H27N3O2S. The zero-order valence-electron chi connectivity index (χ0n) is 17.5. The molecule has 0 bridgehead atoms. The summed E-state index contributed by atoms with van der Waals surface area (Å²) in [4.78, 5) is 17.0. The first kappa shape index (κ1) is 20.2. The smallest absolute Gasteiger partial charge is 0.248 e. The third-order valence-corrected chi connectivity index (χ3v) is 6.93. The summed E-state index contributed by atoms with van der Waals surface area (Å²) in [6.07, 6.45) is 2.10. The predicted molar refractivity (Wildman–Crippen MR) is 128 cm³/mol. The highest BCUT2D eigenvalue weighted by Gasteiger charge is 2.24. The van der Waals surface area contributed by atoms with Crippen molar-refractivity contribution >= 4 is 32.3 Å². The van der Waals surface area contributed by atoms with Crippen LogP contribution >= 0.6 is 11.3 Å². The first-order chi connectivity index (χ1) is 15.3. The van der Waals surface area contributed by atoms with Crippen LogP contribution in [0.15, 0.2) is 64.8 Å². The molecule has 0 saturated carbocycles. The van der Waals surface area contributed by atoms with E-state index in [0.29, 0.717) is 12.6 Å². The molecule has 0 aliphatic carbocycles. The van der Waals surface area contributed by atoms with Gasteiger partial charge in [0.1, 0.15) is 5.75 Å². The summed E-state index contributed by atoms with van der Waals surface area (Å²) in [5.74, 6) is 0.804. The van der Waals surface area contributed by atoms with Gasteiger partial charge < -0.3 is 15.0 Å². The number of benzene rings is 2. The van der Waals surface area contributed by atoms with Crippen molar-refractivity contribution in [3.63, 3.8) is 0 Å². The van der Waals surface area contributed by atoms with Gasteiger partial charge in [-0.15, -0.1) is 11.3 Å². The maximum atomic E-state index is 11.5. The van der Waals surface area contributed by atoms with Gasteiger partial charge in [-0.1, -0.05) is 12.1 Å². The largest absolute Gasteiger partial charge is 0.494 e. The standard InChI is InChI=1S/C25H27N3O2S/c29-25-9-7-18-6-8-19(16-22(18)27-25)30-14-2-1-12-28-13-11-26-17-23(28)20-4-3-5-24-21(20)10-15-31-24/h3-10,15-16,23,26H,1-2,11-14,17H2,(H,27,29). The van der Waals surface area contributed by atoms with Crippen LogP contribution in [0.25, 0.3) is 21.0 Å². The van der Waals surface area contributed by atoms with E-state index in [1.165, 1.54) is 15.6 Å². The maximum Gasteiger partial charge on any atom is 0.248 e. The number of pyridine rings is 1. The zero-order chi connectivity index (χ0) is 21.0. The van der Waals surface area contributed by atoms with Crippen LogP contribution in [0.5, 0.6) is 5.75 Å². The number of nitrogens with one attached hydrogen (secondary N) is 2. The maximum absolute atomic E-state index is 11.5. The van der Waals surface area contributed by atoms with Gasteiger partial charge in [0.05, 0.1) is 12.1 Å². The Bertz CT molecular complexity index is 1230. The number of ether oxygens (including phenoxy) is 1. The molecule has 4 aromatic rings. The molecule has 0 amide bonds. The molecule has 2 aromatic heterocycles. The van der Waals surface area contributed by atoms with Crippen molar-refractivity contribution in [1.29, 1.82) is 0 Å². The van der Waals surface area contributed by atoms with E-state index in [2.05, 4.69) is 44.8 Å². The lowest BCUT2D eigenvalue weighted by atomic mass is 9.99. The zero-order valence-corrected chi connectivity index (χ0v) is 18.3. The van der Waals surface area contributed by atoms with Crippen LogP contribution in [0, 0.1) is 0 Å². The van der Waals surface area contributed by atoms with E-state index in [-0.39, 0.29) is 5.56 Å². The molecule has 1 aliphatic rings. The van der Waals surface area contributed by atoms with E-state index >= 15 is 0 Å². The molecule has 1 atom stereocenters. The van der Waals surface area contributed by atoms with Crippen molar-refractivity contribution in [3.05, 3.63) is 75.9 Å². The molecule has 1 fully saturated rings. The molecule has 160 valence electrons. The third kappa shape index (κ3) is 4.51. The molecule has 6 heteroatoms. The van der Waals surface area contributed by atoms with Gasteiger partial charge in [0, 0.05) is 42.5 Å². The van der Waals surface area contributed by atoms with Crippen molar-refractivity contribution in [3.8, 4) is 5.75 Å². The number of aromatic amines is 1. The summed E-state index contributed by atoms with van der Waals surface area (Å²) in [6, 6.07) is 18.6. The lowest BCUT2D eigenvalue weighted by Crippen LogP contribution is -2.46. The minimum Gasteiger partial charge on any atom is -0.494 e. The lowest BCUT2D eigenvalue weighted by Gasteiger charge is -2.37. The Balaban J connectivity index is 1.17. The van der Waals surface area contributed by atoms with E-state index in [0.717, 1.165) is 55.7 Å². The minimum absolute atomic E-state index is 0.0895. The SMILES string of the molecule is O=c1ccc2ccc(OCCCCN3CCNCC3c3cccc4sccc34)cc2[nH]1. The molecule has 2 aromatic carbocycles. The molecule has 0 spiro atoms. The molecule has 1 saturated heterocycles. The fraction of sp³-hybridized carbons (Fsp3) is 0.320. The summed E-state index contributed by atoms with van der Waals surface area (Å²) in [5, 5.41) is 8.17. The molecule has 2 N–H and O–H groups in total. The lowest BCUT2D eigenvalue weighted by molar-refractivity contribution is 0.156. The molecular weight excluding hydrogens is 406 g/mol. The van der Waals surface area contributed by atoms with Crippen molar-refractivity contribution in [1.82, 2.24) is 15.2 Å². The van der Waals surface area contributed by atoms with E-state index in [1.807, 2.05) is 35.6 Å². The average Bonchev–Trinajstić information content (AvgIpc) is 3.28. The van der Waals surface area contributed by atoms with Gasteiger partial charge in [0.15, 0.2) is 0 Å². The van der Waals surface area contributed by atoms with Crippen LogP contribution in [-0.2, 0) is 0 Å². The van der Waals surface area contributed by atoms with Gasteiger partial charge in [-0.2, -0.15) is 0 Å². The predicted octanol–water partition coefficient (Wildman–Crippen LogP) is 4.55. The van der Waals surface area contributed by atoms with Crippen molar-refractivity contribution < 1.29 is 4.74 Å². The number of nitrogens with zero attached hydrogens (tertiary/aromatic N) is 1. The number of unbranched alkanes of at least 4 members (excludes halogenated alkanes) is 1. The fourth-order valence-corrected chi connectivity index (χ4v) is 5.28. The molecule has 31 heavy (non-hydrogen) atoms. The molecule has 3 heterocycles. The van der Waals surface area contributed by atoms with E-state index in [9.17, 15) is 4.79 Å². The summed E-state index contributed by atoms with van der Waals surface area (Å²) < 4.78 is 7.32. The summed E-state index contributed by atoms with van der Waals surface area (Å²) >= 11 is 1.82. The topological polar surface area (TPSA) is 57.4 Å². The van der Waals surface area contributed by atoms with Crippen LogP contribution in [-0.4, -0.2) is 42.7 Å². The van der Waals surface area contributed by atoms with Crippen LogP contribution in [0.3, 0.4) is 0 Å². The van der Waals surface area contributed by atoms with Gasteiger partial charge in [-0.25, -0.2) is 0 Å². The molecule has 5 nitrogen and oxygen atoms in total. The fourth-order valence-electron chi connectivity index (χ4n) is 4.45. The number of piperazine rings is 1. The van der Waals surface area contributed by atoms with E-state index in [4.69, 9.17) is 4.74 Å². The second kappa shape index (κ2) is 9.22. The van der Waals surface area contributed by atoms with Gasteiger partial charge in [0.2, 0.25) is 5.56 Å². The first-order valence-corrected chi connectivity index (χ1v) is 11.8. The number of hydrogen-bond acceptors (Lipinski definition) is 5. The Morgan fingerprint density at radius 2 is 2.03 bits per heavy atom. The second-order valence-corrected chi connectivity index (χ2v) is 9.01. The van der Waals surface area contributed by atoms with Crippen LogP contribution in [0.4, 0.5) is 0 Å². The normalized spacial score (nSPS) is 17.4. The van der Waals surface area contributed by atoms with Crippen LogP contribution < -0.4 is 15.6 Å². The monoisotopic (exact) mass is 433 g/mol. The number of thiophene rings is 1. The number of fused-ring (bicyclic) bond motifs is 2. The van der Waals surface area contributed by atoms with Crippen LogP contribution in [0.1, 0.15) is 24.4 Å². The Morgan fingerprint density at radius 3 is 3.00 bits per heavy atom. The quantitative estimate of drug-likeness (QED) is 0.420. The number of H-pyrrole nitrogens is 1. The van der Waals surface area contributed by atoms with E-state index in [1.54, 1.807) is 6.07 Å². The molecule has 5 rings (SSSR count). The third-order valence-electron chi connectivity index (χ3n) is 6.05. The van der Waals surface area contributed by atoms with E-state index < -0.39 is 0 Å². The van der Waals surface area contributed by atoms with Crippen LogP contribution in [0.2, 0.25) is 0 Å². The second-order valence-electron chi connectivity index (χ2n) is 8.06. The minimum atomic E-state index is -0.0895. The average molecular weight is 434 g/mol. The van der Waals surface area contributed by atoms with Gasteiger partial charge in [0.25, 0.3) is 0 Å². The van der Waals surface area contributed by atoms with Gasteiger partial charge >= 0.3 is 0 Å². The number of aromatic nitrogens is 1. The number of rotatable bonds is 7. The first-order valence-electron chi connectivity index (χ1n) is 10.9. The highest BCUT2D eigenvalue weighted by atomic mass is 32.1. The molecule has 1 aliphatic heterocycles. The Morgan fingerprint density at radius 1 is 1.10 bits per heavy atom. The molecule has 1 unspecified atom stereocenters. The Hall–Kier alpha value is -2.67. The summed E-state index contributed by atoms with van der Waals surface area (Å²) in [6.45, 7) is 4.87. The highest BCUT2D eigenvalue weighted by Crippen LogP contribution is 2.32. The van der Waals surface area contributed by atoms with Gasteiger partial charge in [-0.3, -0.25) is 9.69 Å². The Labute approximate surface area is 185 Å².